The predicted molar refractivity (Wildman–Crippen MR) is 73.4 cm³/mol. The predicted octanol–water partition coefficient (Wildman–Crippen LogP) is 0.926. The number of carboxylic acids is 1. The molecule has 0 radical (unpaired) electrons. The van der Waals surface area contributed by atoms with Crippen molar-refractivity contribution < 1.29 is 19.4 Å². The molecule has 1 aromatic heterocycles. The van der Waals surface area contributed by atoms with Crippen molar-refractivity contribution in [3.63, 3.8) is 0 Å². The topological polar surface area (TPSA) is 91.4 Å². The molecule has 0 saturated carbocycles. The second kappa shape index (κ2) is 6.21. The molecule has 0 fully saturated rings. The largest absolute Gasteiger partial charge is 0.480 e. The fraction of sp³-hybridized carbons (Fsp3) is 0.286. The number of fused-ring (bicyclic) bond motifs is 1. The van der Waals surface area contributed by atoms with Gasteiger partial charge < -0.3 is 20.1 Å². The molecule has 0 saturated heterocycles. The van der Waals surface area contributed by atoms with E-state index in [-0.39, 0.29) is 13.0 Å². The van der Waals surface area contributed by atoms with E-state index in [1.807, 2.05) is 24.3 Å². The fourth-order valence-corrected chi connectivity index (χ4v) is 2.09. The van der Waals surface area contributed by atoms with Crippen LogP contribution in [-0.2, 0) is 20.7 Å². The van der Waals surface area contributed by atoms with Crippen molar-refractivity contribution in [1.29, 1.82) is 0 Å². The number of hydrogen-bond acceptors (Lipinski definition) is 3. The number of carboxylic acid groups (broad SMARTS) is 1. The molecule has 0 aliphatic heterocycles. The van der Waals surface area contributed by atoms with Gasteiger partial charge in [-0.15, -0.1) is 0 Å². The Bertz CT molecular complexity index is 620. The van der Waals surface area contributed by atoms with E-state index < -0.39 is 17.9 Å². The number of aromatic nitrogens is 1. The fourth-order valence-electron chi connectivity index (χ4n) is 2.09. The Morgan fingerprint density at radius 1 is 1.40 bits per heavy atom. The molecule has 20 heavy (non-hydrogen) atoms. The smallest absolute Gasteiger partial charge is 0.326 e. The molecule has 0 aliphatic carbocycles. The van der Waals surface area contributed by atoms with E-state index in [0.717, 1.165) is 16.5 Å². The summed E-state index contributed by atoms with van der Waals surface area (Å²) in [6, 6.07) is 6.64. The molecule has 2 aromatic rings. The second-order valence-electron chi connectivity index (χ2n) is 4.45. The van der Waals surface area contributed by atoms with E-state index in [4.69, 9.17) is 0 Å². The van der Waals surface area contributed by atoms with Crippen molar-refractivity contribution in [3.8, 4) is 0 Å². The van der Waals surface area contributed by atoms with Crippen LogP contribution in [0.15, 0.2) is 30.5 Å². The number of para-hydroxylation sites is 1. The number of ether oxygens (including phenoxy) is 1. The van der Waals surface area contributed by atoms with Gasteiger partial charge in [0.05, 0.1) is 0 Å². The molecule has 1 unspecified atom stereocenters. The summed E-state index contributed by atoms with van der Waals surface area (Å²) in [6.07, 6.45) is 1.98. The maximum Gasteiger partial charge on any atom is 0.326 e. The molecule has 2 rings (SSSR count). The lowest BCUT2D eigenvalue weighted by Gasteiger charge is -2.13. The number of methoxy groups -OCH3 is 1. The number of carbonyl (C=O) groups excluding carboxylic acids is 1. The minimum Gasteiger partial charge on any atom is -0.480 e. The van der Waals surface area contributed by atoms with E-state index in [9.17, 15) is 14.7 Å². The van der Waals surface area contributed by atoms with Crippen LogP contribution in [0.1, 0.15) is 5.56 Å². The van der Waals surface area contributed by atoms with Gasteiger partial charge in [0.15, 0.2) is 0 Å². The van der Waals surface area contributed by atoms with E-state index in [1.165, 1.54) is 7.11 Å². The number of H-pyrrole nitrogens is 1. The van der Waals surface area contributed by atoms with Gasteiger partial charge in [-0.2, -0.15) is 0 Å². The van der Waals surface area contributed by atoms with Crippen LogP contribution in [0, 0.1) is 0 Å². The van der Waals surface area contributed by atoms with Crippen LogP contribution < -0.4 is 5.32 Å². The molecule has 1 atom stereocenters. The Labute approximate surface area is 115 Å². The monoisotopic (exact) mass is 276 g/mol. The summed E-state index contributed by atoms with van der Waals surface area (Å²) >= 11 is 0. The van der Waals surface area contributed by atoms with Crippen LogP contribution in [0.3, 0.4) is 0 Å². The zero-order valence-electron chi connectivity index (χ0n) is 11.1. The van der Waals surface area contributed by atoms with E-state index in [1.54, 1.807) is 6.20 Å². The Morgan fingerprint density at radius 2 is 2.15 bits per heavy atom. The van der Waals surface area contributed by atoms with Crippen LogP contribution in [0.4, 0.5) is 0 Å². The van der Waals surface area contributed by atoms with E-state index >= 15 is 0 Å². The lowest BCUT2D eigenvalue weighted by Crippen LogP contribution is -2.43. The highest BCUT2D eigenvalue weighted by Gasteiger charge is 2.21. The van der Waals surface area contributed by atoms with Crippen molar-refractivity contribution in [3.05, 3.63) is 36.0 Å². The summed E-state index contributed by atoms with van der Waals surface area (Å²) in [6.45, 7) is -0.155. The van der Waals surface area contributed by atoms with Crippen LogP contribution in [0.25, 0.3) is 10.9 Å². The lowest BCUT2D eigenvalue weighted by atomic mass is 10.1. The Morgan fingerprint density at radius 3 is 2.85 bits per heavy atom. The number of rotatable bonds is 6. The number of amides is 1. The van der Waals surface area contributed by atoms with Crippen molar-refractivity contribution in [2.75, 3.05) is 13.7 Å². The van der Waals surface area contributed by atoms with Crippen LogP contribution in [0.5, 0.6) is 0 Å². The molecule has 1 heterocycles. The summed E-state index contributed by atoms with van der Waals surface area (Å²) in [7, 11) is 1.38. The van der Waals surface area contributed by atoms with Gasteiger partial charge in [0, 0.05) is 30.6 Å². The SMILES string of the molecule is COCC(=O)NC(Cc1c[nH]c2ccccc12)C(=O)O. The quantitative estimate of drug-likeness (QED) is 0.732. The van der Waals surface area contributed by atoms with Crippen molar-refractivity contribution in [2.24, 2.45) is 0 Å². The Kier molecular flexibility index (Phi) is 4.37. The zero-order chi connectivity index (χ0) is 14.5. The maximum absolute atomic E-state index is 11.4. The molecular formula is C14H16N2O4. The standard InChI is InChI=1S/C14H16N2O4/c1-20-8-13(17)16-12(14(18)19)6-9-7-15-11-5-3-2-4-10(9)11/h2-5,7,12,15H,6,8H2,1H3,(H,16,17)(H,18,19). The highest BCUT2D eigenvalue weighted by Crippen LogP contribution is 2.19. The Balaban J connectivity index is 2.15. The molecule has 1 amide bonds. The van der Waals surface area contributed by atoms with Gasteiger partial charge >= 0.3 is 5.97 Å². The molecule has 1 aromatic carbocycles. The van der Waals surface area contributed by atoms with Gasteiger partial charge in [0.1, 0.15) is 12.6 Å². The minimum absolute atomic E-state index is 0.155. The summed E-state index contributed by atoms with van der Waals surface area (Å²) in [5.74, 6) is -1.51. The highest BCUT2D eigenvalue weighted by atomic mass is 16.5. The van der Waals surface area contributed by atoms with Crippen LogP contribution >= 0.6 is 0 Å². The number of carbonyl (C=O) groups is 2. The first-order valence-electron chi connectivity index (χ1n) is 6.18. The Hall–Kier alpha value is -2.34. The molecule has 3 N–H and O–H groups in total. The average Bonchev–Trinajstić information content (AvgIpc) is 2.82. The molecule has 0 bridgehead atoms. The van der Waals surface area contributed by atoms with Gasteiger partial charge in [-0.05, 0) is 11.6 Å². The molecule has 0 aliphatic rings. The van der Waals surface area contributed by atoms with Crippen LogP contribution in [0.2, 0.25) is 0 Å². The third-order valence-electron chi connectivity index (χ3n) is 3.01. The summed E-state index contributed by atoms with van der Waals surface area (Å²) in [5.41, 5.74) is 1.79. The van der Waals surface area contributed by atoms with Crippen molar-refractivity contribution >= 4 is 22.8 Å². The first-order valence-corrected chi connectivity index (χ1v) is 6.18. The van der Waals surface area contributed by atoms with Gasteiger partial charge in [-0.1, -0.05) is 18.2 Å². The van der Waals surface area contributed by atoms with Crippen molar-refractivity contribution in [2.45, 2.75) is 12.5 Å². The van der Waals surface area contributed by atoms with E-state index in [0.29, 0.717) is 0 Å². The number of aromatic amines is 1. The number of benzene rings is 1. The van der Waals surface area contributed by atoms with Gasteiger partial charge in [0.25, 0.3) is 0 Å². The van der Waals surface area contributed by atoms with Gasteiger partial charge in [-0.25, -0.2) is 4.79 Å². The number of nitrogens with one attached hydrogen (secondary N) is 2. The summed E-state index contributed by atoms with van der Waals surface area (Å²) in [4.78, 5) is 25.8. The maximum atomic E-state index is 11.4. The van der Waals surface area contributed by atoms with E-state index in [2.05, 4.69) is 15.0 Å². The normalized spacial score (nSPS) is 12.2. The molecule has 6 nitrogen and oxygen atoms in total. The third kappa shape index (κ3) is 3.16. The molecule has 6 heteroatoms. The molecule has 0 spiro atoms. The third-order valence-corrected chi connectivity index (χ3v) is 3.01. The minimum atomic E-state index is -1.07. The van der Waals surface area contributed by atoms with Gasteiger partial charge in [0.2, 0.25) is 5.91 Å². The van der Waals surface area contributed by atoms with Crippen LogP contribution in [-0.4, -0.2) is 41.7 Å². The van der Waals surface area contributed by atoms with Crippen molar-refractivity contribution in [1.82, 2.24) is 10.3 Å². The first-order chi connectivity index (χ1) is 9.61. The summed E-state index contributed by atoms with van der Waals surface area (Å²) < 4.78 is 4.68. The second-order valence-corrected chi connectivity index (χ2v) is 4.45. The summed E-state index contributed by atoms with van der Waals surface area (Å²) in [5, 5.41) is 12.6. The molecular weight excluding hydrogens is 260 g/mol. The number of aliphatic carboxylic acids is 1. The van der Waals surface area contributed by atoms with Gasteiger partial charge in [-0.3, -0.25) is 4.79 Å². The average molecular weight is 276 g/mol. The zero-order valence-corrected chi connectivity index (χ0v) is 11.1. The number of hydrogen-bond donors (Lipinski definition) is 3. The highest BCUT2D eigenvalue weighted by molar-refractivity contribution is 5.87. The molecule has 106 valence electrons. The lowest BCUT2D eigenvalue weighted by molar-refractivity contribution is -0.142. The first kappa shape index (κ1) is 14.1.